The quantitative estimate of drug-likeness (QED) is 0.353. The molecule has 8 heteroatoms. The second-order valence-electron chi connectivity index (χ2n) is 4.28. The van der Waals surface area contributed by atoms with Crippen LogP contribution in [0.2, 0.25) is 0 Å². The van der Waals surface area contributed by atoms with Gasteiger partial charge in [-0.2, -0.15) is 0 Å². The van der Waals surface area contributed by atoms with E-state index in [1.807, 2.05) is 0 Å². The molecule has 0 unspecified atom stereocenters. The number of hydrogen-bond donors (Lipinski definition) is 2. The van der Waals surface area contributed by atoms with E-state index in [0.717, 1.165) is 0 Å². The Balaban J connectivity index is 4.55. The summed E-state index contributed by atoms with van der Waals surface area (Å²) in [4.78, 5) is 22.5. The van der Waals surface area contributed by atoms with E-state index in [9.17, 15) is 19.8 Å². The zero-order chi connectivity index (χ0) is 16.8. The van der Waals surface area contributed by atoms with Gasteiger partial charge in [-0.15, -0.1) is 0 Å². The molecule has 0 saturated carbocycles. The van der Waals surface area contributed by atoms with Gasteiger partial charge >= 0.3 is 11.9 Å². The standard InChI is InChI=1S/C14H24O8/c1-19-7-9-21-5-3-11(13(15)16)12(14(17)18)4-6-22-10-8-20-2/h3-10H2,1-2H3,(H,15,16)(H,17,18)/b12-11+. The Labute approximate surface area is 129 Å². The van der Waals surface area contributed by atoms with Crippen LogP contribution >= 0.6 is 0 Å². The van der Waals surface area contributed by atoms with Gasteiger partial charge in [-0.05, 0) is 0 Å². The molecule has 0 spiro atoms. The van der Waals surface area contributed by atoms with Gasteiger partial charge in [0.25, 0.3) is 0 Å². The summed E-state index contributed by atoms with van der Waals surface area (Å²) in [5.41, 5.74) is -0.333. The third kappa shape index (κ3) is 9.46. The average Bonchev–Trinajstić information content (AvgIpc) is 2.47. The molecule has 0 heterocycles. The van der Waals surface area contributed by atoms with E-state index in [1.54, 1.807) is 0 Å². The molecule has 0 aliphatic carbocycles. The summed E-state index contributed by atoms with van der Waals surface area (Å²) in [6, 6.07) is 0. The number of carboxylic acid groups (broad SMARTS) is 2. The van der Waals surface area contributed by atoms with Gasteiger partial charge in [-0.25, -0.2) is 9.59 Å². The summed E-state index contributed by atoms with van der Waals surface area (Å²) in [5, 5.41) is 18.3. The maximum absolute atomic E-state index is 11.2. The largest absolute Gasteiger partial charge is 0.478 e. The first-order valence-corrected chi connectivity index (χ1v) is 6.86. The maximum atomic E-state index is 11.2. The summed E-state index contributed by atoms with van der Waals surface area (Å²) >= 11 is 0. The fraction of sp³-hybridized carbons (Fsp3) is 0.714. The number of hydrogen-bond acceptors (Lipinski definition) is 6. The number of carbonyl (C=O) groups is 2. The van der Waals surface area contributed by atoms with Crippen molar-refractivity contribution >= 4 is 11.9 Å². The van der Waals surface area contributed by atoms with Crippen molar-refractivity contribution in [3.63, 3.8) is 0 Å². The van der Waals surface area contributed by atoms with Gasteiger partial charge < -0.3 is 29.2 Å². The van der Waals surface area contributed by atoms with E-state index >= 15 is 0 Å². The van der Waals surface area contributed by atoms with Gasteiger partial charge in [0.05, 0.1) is 39.6 Å². The van der Waals surface area contributed by atoms with Crippen molar-refractivity contribution in [2.45, 2.75) is 12.8 Å². The molecule has 8 nitrogen and oxygen atoms in total. The van der Waals surface area contributed by atoms with Crippen LogP contribution in [0.3, 0.4) is 0 Å². The third-order valence-corrected chi connectivity index (χ3v) is 2.74. The number of ether oxygens (including phenoxy) is 4. The summed E-state index contributed by atoms with van der Waals surface area (Å²) < 4.78 is 19.9. The zero-order valence-corrected chi connectivity index (χ0v) is 13.0. The Morgan fingerprint density at radius 2 is 1.05 bits per heavy atom. The van der Waals surface area contributed by atoms with Crippen LogP contribution in [0.4, 0.5) is 0 Å². The Bertz CT molecular complexity index is 330. The molecule has 22 heavy (non-hydrogen) atoms. The Morgan fingerprint density at radius 1 is 0.682 bits per heavy atom. The number of methoxy groups -OCH3 is 2. The molecular formula is C14H24O8. The van der Waals surface area contributed by atoms with Crippen molar-refractivity contribution in [2.75, 3.05) is 53.9 Å². The fourth-order valence-electron chi connectivity index (χ4n) is 1.61. The first-order valence-electron chi connectivity index (χ1n) is 6.86. The molecule has 0 bridgehead atoms. The van der Waals surface area contributed by atoms with Crippen LogP contribution in [-0.2, 0) is 28.5 Å². The van der Waals surface area contributed by atoms with Crippen molar-refractivity contribution in [1.82, 2.24) is 0 Å². The summed E-state index contributed by atoms with van der Waals surface area (Å²) in [6.07, 6.45) is 0.0253. The van der Waals surface area contributed by atoms with Crippen LogP contribution in [0.15, 0.2) is 11.1 Å². The predicted molar refractivity (Wildman–Crippen MR) is 76.9 cm³/mol. The minimum Gasteiger partial charge on any atom is -0.478 e. The molecule has 0 amide bonds. The van der Waals surface area contributed by atoms with Crippen LogP contribution < -0.4 is 0 Å². The third-order valence-electron chi connectivity index (χ3n) is 2.74. The molecule has 0 aliphatic heterocycles. The summed E-state index contributed by atoms with van der Waals surface area (Å²) in [5.74, 6) is -2.52. The van der Waals surface area contributed by atoms with E-state index in [2.05, 4.69) is 0 Å². The highest BCUT2D eigenvalue weighted by atomic mass is 16.5. The van der Waals surface area contributed by atoms with Gasteiger partial charge in [0.2, 0.25) is 0 Å². The van der Waals surface area contributed by atoms with Crippen molar-refractivity contribution in [2.24, 2.45) is 0 Å². The molecule has 0 saturated heterocycles. The van der Waals surface area contributed by atoms with Crippen molar-refractivity contribution in [3.05, 3.63) is 11.1 Å². The minimum atomic E-state index is -1.26. The minimum absolute atomic E-state index is 0.0127. The topological polar surface area (TPSA) is 112 Å². The van der Waals surface area contributed by atoms with E-state index < -0.39 is 11.9 Å². The van der Waals surface area contributed by atoms with Gasteiger partial charge in [0.1, 0.15) is 0 Å². The lowest BCUT2D eigenvalue weighted by Gasteiger charge is -2.10. The monoisotopic (exact) mass is 320 g/mol. The highest BCUT2D eigenvalue weighted by molar-refractivity contribution is 5.98. The van der Waals surface area contributed by atoms with Crippen LogP contribution in [0, 0.1) is 0 Å². The van der Waals surface area contributed by atoms with E-state index in [4.69, 9.17) is 18.9 Å². The van der Waals surface area contributed by atoms with E-state index in [-0.39, 0.29) is 37.2 Å². The van der Waals surface area contributed by atoms with Crippen LogP contribution in [0.25, 0.3) is 0 Å². The Morgan fingerprint density at radius 3 is 1.32 bits per heavy atom. The molecule has 0 aromatic heterocycles. The first kappa shape index (κ1) is 20.5. The zero-order valence-electron chi connectivity index (χ0n) is 13.0. The Hall–Kier alpha value is -1.48. The molecule has 0 rings (SSSR count). The molecule has 0 atom stereocenters. The smallest absolute Gasteiger partial charge is 0.332 e. The first-order chi connectivity index (χ1) is 10.5. The second-order valence-corrected chi connectivity index (χ2v) is 4.28. The number of carboxylic acids is 2. The molecule has 0 radical (unpaired) electrons. The average molecular weight is 320 g/mol. The normalized spacial score (nSPS) is 12.1. The molecule has 0 aromatic carbocycles. The predicted octanol–water partition coefficient (Wildman–Crippen LogP) is 0.558. The van der Waals surface area contributed by atoms with Crippen LogP contribution in [-0.4, -0.2) is 76.0 Å². The lowest BCUT2D eigenvalue weighted by atomic mass is 10.0. The van der Waals surface area contributed by atoms with Crippen LogP contribution in [0.1, 0.15) is 12.8 Å². The maximum Gasteiger partial charge on any atom is 0.332 e. The lowest BCUT2D eigenvalue weighted by Crippen LogP contribution is -2.16. The fourth-order valence-corrected chi connectivity index (χ4v) is 1.61. The second kappa shape index (κ2) is 13.2. The molecule has 128 valence electrons. The van der Waals surface area contributed by atoms with Crippen molar-refractivity contribution < 1.29 is 38.7 Å². The van der Waals surface area contributed by atoms with Crippen molar-refractivity contribution in [1.29, 1.82) is 0 Å². The van der Waals surface area contributed by atoms with E-state index in [0.29, 0.717) is 26.4 Å². The molecule has 0 aliphatic rings. The highest BCUT2D eigenvalue weighted by Gasteiger charge is 2.19. The number of aliphatic carboxylic acids is 2. The van der Waals surface area contributed by atoms with Crippen LogP contribution in [0.5, 0.6) is 0 Å². The van der Waals surface area contributed by atoms with E-state index in [1.165, 1.54) is 14.2 Å². The summed E-state index contributed by atoms with van der Waals surface area (Å²) in [7, 11) is 3.05. The Kier molecular flexibility index (Phi) is 12.3. The molecular weight excluding hydrogens is 296 g/mol. The van der Waals surface area contributed by atoms with Crippen molar-refractivity contribution in [3.8, 4) is 0 Å². The van der Waals surface area contributed by atoms with Gasteiger partial charge in [0.15, 0.2) is 0 Å². The number of rotatable bonds is 14. The van der Waals surface area contributed by atoms with Gasteiger partial charge in [0, 0.05) is 38.2 Å². The molecule has 0 fully saturated rings. The van der Waals surface area contributed by atoms with Gasteiger partial charge in [-0.3, -0.25) is 0 Å². The molecule has 2 N–H and O–H groups in total. The van der Waals surface area contributed by atoms with Gasteiger partial charge in [-0.1, -0.05) is 0 Å². The highest BCUT2D eigenvalue weighted by Crippen LogP contribution is 2.14. The molecule has 0 aromatic rings. The summed E-state index contributed by atoms with van der Waals surface area (Å²) in [6.45, 7) is 1.67. The lowest BCUT2D eigenvalue weighted by molar-refractivity contribution is -0.136. The SMILES string of the molecule is COCCOCC/C(C(=O)O)=C(/CCOCCOC)C(=O)O.